The molecule has 0 unspecified atom stereocenters. The Morgan fingerprint density at radius 1 is 1.03 bits per heavy atom. The van der Waals surface area contributed by atoms with Crippen LogP contribution in [0.4, 0.5) is 0 Å². The number of aryl methyl sites for hydroxylation is 1. The number of benzene rings is 3. The molecule has 3 aromatic carbocycles. The molecule has 0 bridgehead atoms. The first-order chi connectivity index (χ1) is 14.4. The number of halogens is 1. The summed E-state index contributed by atoms with van der Waals surface area (Å²) in [4.78, 5) is 25.2. The fraction of sp³-hybridized carbons (Fsp3) is 0.0833. The third-order valence-corrected chi connectivity index (χ3v) is 4.86. The van der Waals surface area contributed by atoms with E-state index in [4.69, 9.17) is 25.8 Å². The van der Waals surface area contributed by atoms with Gasteiger partial charge in [0, 0.05) is 11.1 Å². The number of carbonyl (C=O) groups excluding carboxylic acids is 2. The van der Waals surface area contributed by atoms with Crippen LogP contribution in [-0.4, -0.2) is 18.9 Å². The Bertz CT molecular complexity index is 1180. The maximum atomic E-state index is 12.8. The van der Waals surface area contributed by atoms with Gasteiger partial charge < -0.3 is 14.2 Å². The Morgan fingerprint density at radius 2 is 1.80 bits per heavy atom. The summed E-state index contributed by atoms with van der Waals surface area (Å²) in [6.07, 6.45) is 1.67. The SMILES string of the molecule is COc1ccc(/C=C2\Oc3cc(OC(=O)c4cccc(Cl)c4)cc(C)c3C2=O)cc1. The zero-order chi connectivity index (χ0) is 21.3. The van der Waals surface area contributed by atoms with E-state index in [0.29, 0.717) is 27.5 Å². The standard InChI is InChI=1S/C24H17ClO5/c1-14-10-19(29-24(27)16-4-3-5-17(25)12-16)13-20-22(14)23(26)21(30-20)11-15-6-8-18(28-2)9-7-15/h3-13H,1-2H3/b21-11-. The molecule has 5 nitrogen and oxygen atoms in total. The number of Topliss-reactive ketones (excluding diaryl/α,β-unsaturated/α-hetero) is 1. The smallest absolute Gasteiger partial charge is 0.343 e. The molecule has 0 saturated heterocycles. The van der Waals surface area contributed by atoms with Gasteiger partial charge in [0.05, 0.1) is 18.2 Å². The first-order valence-electron chi connectivity index (χ1n) is 9.15. The molecule has 0 radical (unpaired) electrons. The summed E-state index contributed by atoms with van der Waals surface area (Å²) >= 11 is 5.93. The van der Waals surface area contributed by atoms with Gasteiger partial charge in [0.2, 0.25) is 5.78 Å². The molecule has 0 fully saturated rings. The Morgan fingerprint density at radius 3 is 2.50 bits per heavy atom. The van der Waals surface area contributed by atoms with E-state index in [2.05, 4.69) is 0 Å². The molecule has 1 aliphatic rings. The lowest BCUT2D eigenvalue weighted by molar-refractivity contribution is 0.0734. The van der Waals surface area contributed by atoms with Crippen molar-refractivity contribution in [3.05, 3.63) is 93.7 Å². The molecule has 0 atom stereocenters. The van der Waals surface area contributed by atoms with Gasteiger partial charge >= 0.3 is 5.97 Å². The third-order valence-electron chi connectivity index (χ3n) is 4.63. The Kier molecular flexibility index (Phi) is 5.29. The van der Waals surface area contributed by atoms with Crippen LogP contribution in [0.3, 0.4) is 0 Å². The number of ether oxygens (including phenoxy) is 3. The lowest BCUT2D eigenvalue weighted by atomic mass is 10.0. The van der Waals surface area contributed by atoms with Gasteiger partial charge in [0.25, 0.3) is 0 Å². The minimum atomic E-state index is -0.546. The number of rotatable bonds is 4. The number of hydrogen-bond donors (Lipinski definition) is 0. The van der Waals surface area contributed by atoms with Crippen LogP contribution in [-0.2, 0) is 0 Å². The van der Waals surface area contributed by atoms with Crippen LogP contribution in [0, 0.1) is 6.92 Å². The number of esters is 1. The predicted octanol–water partition coefficient (Wildman–Crippen LogP) is 5.49. The fourth-order valence-corrected chi connectivity index (χ4v) is 3.36. The van der Waals surface area contributed by atoms with Crippen molar-refractivity contribution < 1.29 is 23.8 Å². The van der Waals surface area contributed by atoms with E-state index in [1.54, 1.807) is 56.5 Å². The van der Waals surface area contributed by atoms with Gasteiger partial charge in [-0.1, -0.05) is 29.8 Å². The van der Waals surface area contributed by atoms with Crippen LogP contribution in [0.15, 0.2) is 66.4 Å². The molecule has 1 heterocycles. The number of carbonyl (C=O) groups is 2. The third kappa shape index (κ3) is 3.93. The second kappa shape index (κ2) is 8.05. The fourth-order valence-electron chi connectivity index (χ4n) is 3.17. The highest BCUT2D eigenvalue weighted by Crippen LogP contribution is 2.37. The van der Waals surface area contributed by atoms with Crippen molar-refractivity contribution in [1.82, 2.24) is 0 Å². The highest BCUT2D eigenvalue weighted by molar-refractivity contribution is 6.30. The van der Waals surface area contributed by atoms with Crippen molar-refractivity contribution in [2.24, 2.45) is 0 Å². The number of ketones is 1. The van der Waals surface area contributed by atoms with E-state index in [9.17, 15) is 9.59 Å². The van der Waals surface area contributed by atoms with Crippen LogP contribution in [0.25, 0.3) is 6.08 Å². The molecule has 0 amide bonds. The lowest BCUT2D eigenvalue weighted by Gasteiger charge is -2.08. The van der Waals surface area contributed by atoms with E-state index in [1.165, 1.54) is 12.1 Å². The minimum Gasteiger partial charge on any atom is -0.497 e. The largest absolute Gasteiger partial charge is 0.497 e. The van der Waals surface area contributed by atoms with Crippen LogP contribution in [0.1, 0.15) is 31.8 Å². The van der Waals surface area contributed by atoms with Gasteiger partial charge in [0.15, 0.2) is 5.76 Å². The van der Waals surface area contributed by atoms with Crippen LogP contribution in [0.5, 0.6) is 17.2 Å². The van der Waals surface area contributed by atoms with Crippen molar-refractivity contribution in [3.8, 4) is 17.2 Å². The maximum Gasteiger partial charge on any atom is 0.343 e. The molecule has 0 aromatic heterocycles. The van der Waals surface area contributed by atoms with Crippen LogP contribution < -0.4 is 14.2 Å². The number of allylic oxidation sites excluding steroid dienone is 1. The van der Waals surface area contributed by atoms with Crippen LogP contribution in [0.2, 0.25) is 5.02 Å². The molecule has 150 valence electrons. The predicted molar refractivity (Wildman–Crippen MR) is 114 cm³/mol. The highest BCUT2D eigenvalue weighted by Gasteiger charge is 2.30. The molecule has 3 aromatic rings. The van der Waals surface area contributed by atoms with Crippen LogP contribution >= 0.6 is 11.6 Å². The lowest BCUT2D eigenvalue weighted by Crippen LogP contribution is -2.08. The first kappa shape index (κ1) is 19.7. The molecule has 0 saturated carbocycles. The van der Waals surface area contributed by atoms with Gasteiger partial charge in [0.1, 0.15) is 17.2 Å². The monoisotopic (exact) mass is 420 g/mol. The summed E-state index contributed by atoms with van der Waals surface area (Å²) in [5.74, 6) is 0.808. The van der Waals surface area contributed by atoms with E-state index in [0.717, 1.165) is 11.3 Å². The Hall–Kier alpha value is -3.57. The number of methoxy groups -OCH3 is 1. The van der Waals surface area contributed by atoms with E-state index < -0.39 is 5.97 Å². The quantitative estimate of drug-likeness (QED) is 0.317. The Balaban J connectivity index is 1.59. The summed E-state index contributed by atoms with van der Waals surface area (Å²) < 4.78 is 16.4. The van der Waals surface area contributed by atoms with E-state index in [1.807, 2.05) is 12.1 Å². The Labute approximate surface area is 178 Å². The summed E-state index contributed by atoms with van der Waals surface area (Å²) in [7, 11) is 1.59. The molecule has 0 aliphatic carbocycles. The maximum absolute atomic E-state index is 12.8. The zero-order valence-corrected chi connectivity index (χ0v) is 17.0. The molecule has 1 aliphatic heterocycles. The minimum absolute atomic E-state index is 0.205. The van der Waals surface area contributed by atoms with Crippen molar-refractivity contribution in [2.45, 2.75) is 6.92 Å². The van der Waals surface area contributed by atoms with Crippen molar-refractivity contribution in [1.29, 1.82) is 0 Å². The van der Waals surface area contributed by atoms with Gasteiger partial charge in [-0.2, -0.15) is 0 Å². The molecular weight excluding hydrogens is 404 g/mol. The van der Waals surface area contributed by atoms with Crippen molar-refractivity contribution >= 4 is 29.4 Å². The summed E-state index contributed by atoms with van der Waals surface area (Å²) in [5, 5.41) is 0.442. The summed E-state index contributed by atoms with van der Waals surface area (Å²) in [6, 6.07) is 16.9. The van der Waals surface area contributed by atoms with Gasteiger partial charge in [-0.25, -0.2) is 4.79 Å². The average Bonchev–Trinajstić information content (AvgIpc) is 3.04. The number of hydrogen-bond acceptors (Lipinski definition) is 5. The van der Waals surface area contributed by atoms with E-state index in [-0.39, 0.29) is 17.3 Å². The van der Waals surface area contributed by atoms with Crippen molar-refractivity contribution in [3.63, 3.8) is 0 Å². The molecule has 0 N–H and O–H groups in total. The average molecular weight is 421 g/mol. The van der Waals surface area contributed by atoms with Gasteiger partial charge in [-0.3, -0.25) is 4.79 Å². The topological polar surface area (TPSA) is 61.8 Å². The highest BCUT2D eigenvalue weighted by atomic mass is 35.5. The summed E-state index contributed by atoms with van der Waals surface area (Å²) in [6.45, 7) is 1.77. The normalized spacial score (nSPS) is 13.7. The van der Waals surface area contributed by atoms with E-state index >= 15 is 0 Å². The molecule has 0 spiro atoms. The summed E-state index contributed by atoms with van der Waals surface area (Å²) in [5.41, 5.74) is 2.25. The second-order valence-electron chi connectivity index (χ2n) is 6.73. The molecule has 4 rings (SSSR count). The number of fused-ring (bicyclic) bond motifs is 1. The first-order valence-corrected chi connectivity index (χ1v) is 9.53. The molecular formula is C24H17ClO5. The molecule has 30 heavy (non-hydrogen) atoms. The molecule has 6 heteroatoms. The van der Waals surface area contributed by atoms with Gasteiger partial charge in [-0.15, -0.1) is 0 Å². The van der Waals surface area contributed by atoms with Gasteiger partial charge in [-0.05, 0) is 60.5 Å². The van der Waals surface area contributed by atoms with Crippen molar-refractivity contribution in [2.75, 3.05) is 7.11 Å². The second-order valence-corrected chi connectivity index (χ2v) is 7.16. The zero-order valence-electron chi connectivity index (χ0n) is 16.3.